The molecule has 38 heavy (non-hydrogen) atoms. The molecule has 0 aliphatic carbocycles. The number of rotatable bonds is 21. The number of hydrogen-bond donors (Lipinski definition) is 7. The minimum atomic E-state index is -0.954. The maximum absolute atomic E-state index is 13.1. The number of amides is 5. The molecule has 0 aromatic rings. The number of carbonyl (C=O) groups is 5. The van der Waals surface area contributed by atoms with Gasteiger partial charge in [0.25, 0.3) is 0 Å². The minimum Gasteiger partial charge on any atom is -0.368 e. The third kappa shape index (κ3) is 15.1. The Kier molecular flexibility index (Phi) is 18.1. The molecule has 12 heteroatoms. The fraction of sp³-hybridized carbons (Fsp3) is 0.654. The number of carbonyl (C=O) groups excluding carboxylic acids is 5. The third-order valence-corrected chi connectivity index (χ3v) is 5.79. The van der Waals surface area contributed by atoms with Crippen LogP contribution >= 0.6 is 0 Å². The van der Waals surface area contributed by atoms with Crippen molar-refractivity contribution in [2.24, 2.45) is 17.2 Å². The summed E-state index contributed by atoms with van der Waals surface area (Å²) >= 11 is 0. The molecular weight excluding hydrogens is 490 g/mol. The zero-order chi connectivity index (χ0) is 29.1. The van der Waals surface area contributed by atoms with Crippen LogP contribution in [-0.4, -0.2) is 67.3 Å². The quantitative estimate of drug-likeness (QED) is 0.0761. The predicted octanol–water partition coefficient (Wildman–Crippen LogP) is -0.377. The highest BCUT2D eigenvalue weighted by atomic mass is 16.2. The van der Waals surface area contributed by atoms with Gasteiger partial charge in [0.05, 0.1) is 0 Å². The van der Waals surface area contributed by atoms with E-state index >= 15 is 0 Å². The first-order chi connectivity index (χ1) is 17.9. The lowest BCUT2D eigenvalue weighted by atomic mass is 10.0. The Bertz CT molecular complexity index is 831. The highest BCUT2D eigenvalue weighted by Crippen LogP contribution is 2.08. The molecule has 12 nitrogen and oxygen atoms in total. The van der Waals surface area contributed by atoms with Crippen LogP contribution in [0.4, 0.5) is 0 Å². The van der Waals surface area contributed by atoms with Gasteiger partial charge < -0.3 is 38.5 Å². The van der Waals surface area contributed by atoms with Crippen LogP contribution in [0.15, 0.2) is 24.3 Å². The van der Waals surface area contributed by atoms with E-state index in [1.165, 1.54) is 6.92 Å². The van der Waals surface area contributed by atoms with E-state index in [-0.39, 0.29) is 24.3 Å². The number of nitrogens with two attached hydrogens (primary N) is 3. The first-order valence-corrected chi connectivity index (χ1v) is 13.1. The second kappa shape index (κ2) is 19.8. The van der Waals surface area contributed by atoms with Gasteiger partial charge in [-0.1, -0.05) is 13.2 Å². The van der Waals surface area contributed by atoms with E-state index in [4.69, 9.17) is 17.2 Å². The highest BCUT2D eigenvalue weighted by Gasteiger charge is 2.28. The Morgan fingerprint density at radius 1 is 0.632 bits per heavy atom. The largest absolute Gasteiger partial charge is 0.368 e. The maximum Gasteiger partial charge on any atom is 0.246 e. The van der Waals surface area contributed by atoms with E-state index in [0.29, 0.717) is 70.2 Å². The van der Waals surface area contributed by atoms with Crippen LogP contribution in [0.2, 0.25) is 0 Å². The van der Waals surface area contributed by atoms with Gasteiger partial charge in [-0.15, -0.1) is 0 Å². The molecule has 10 N–H and O–H groups in total. The standard InChI is InChI=1S/C26H47N7O5/c1-17(2)23(35)30-16-10-7-11-19(22(29)34)31-25(37)21(13-6-9-15-28)33-26(38)20(12-5-8-14-27)32-24(36)18(3)4/h19-21H,1,3,5-16,27-28H2,2,4H3,(H2,29,34)(H,30,35)(H,31,37)(H,32,36)(H,33,38). The smallest absolute Gasteiger partial charge is 0.246 e. The summed E-state index contributed by atoms with van der Waals surface area (Å²) in [7, 11) is 0. The first kappa shape index (κ1) is 34.8. The van der Waals surface area contributed by atoms with E-state index in [2.05, 4.69) is 34.4 Å². The SMILES string of the molecule is C=C(C)C(=O)NCCCCC(NC(=O)C(CCCCN)NC(=O)C(CCCCN)NC(=O)C(=C)C)C(N)=O. The van der Waals surface area contributed by atoms with Gasteiger partial charge in [0.1, 0.15) is 18.1 Å². The van der Waals surface area contributed by atoms with Crippen molar-refractivity contribution in [2.75, 3.05) is 19.6 Å². The molecule has 0 bridgehead atoms. The molecule has 0 heterocycles. The predicted molar refractivity (Wildman–Crippen MR) is 147 cm³/mol. The lowest BCUT2D eigenvalue weighted by Gasteiger charge is -2.25. The van der Waals surface area contributed by atoms with Crippen molar-refractivity contribution in [1.82, 2.24) is 21.3 Å². The van der Waals surface area contributed by atoms with Gasteiger partial charge in [0.15, 0.2) is 0 Å². The second-order valence-electron chi connectivity index (χ2n) is 9.43. The Balaban J connectivity index is 5.30. The molecule has 0 aromatic carbocycles. The van der Waals surface area contributed by atoms with E-state index in [0.717, 1.165) is 0 Å². The molecule has 0 aliphatic rings. The zero-order valence-corrected chi connectivity index (χ0v) is 22.9. The maximum atomic E-state index is 13.1. The fourth-order valence-electron chi connectivity index (χ4n) is 3.46. The van der Waals surface area contributed by atoms with Crippen molar-refractivity contribution < 1.29 is 24.0 Å². The second-order valence-corrected chi connectivity index (χ2v) is 9.43. The zero-order valence-electron chi connectivity index (χ0n) is 22.9. The van der Waals surface area contributed by atoms with Crippen LogP contribution in [0.1, 0.15) is 71.6 Å². The average molecular weight is 538 g/mol. The van der Waals surface area contributed by atoms with Gasteiger partial charge >= 0.3 is 0 Å². The molecule has 5 amide bonds. The molecular formula is C26H47N7O5. The minimum absolute atomic E-state index is 0.249. The van der Waals surface area contributed by atoms with Crippen molar-refractivity contribution >= 4 is 29.5 Å². The number of hydrogen-bond acceptors (Lipinski definition) is 7. The molecule has 0 spiro atoms. The molecule has 0 saturated carbocycles. The van der Waals surface area contributed by atoms with Gasteiger partial charge in [-0.25, -0.2) is 0 Å². The molecule has 0 radical (unpaired) electrons. The average Bonchev–Trinajstić information content (AvgIpc) is 2.85. The Morgan fingerprint density at radius 3 is 1.50 bits per heavy atom. The third-order valence-electron chi connectivity index (χ3n) is 5.79. The van der Waals surface area contributed by atoms with Crippen molar-refractivity contribution in [2.45, 2.75) is 89.8 Å². The number of nitrogens with one attached hydrogen (secondary N) is 4. The summed E-state index contributed by atoms with van der Waals surface area (Å²) in [6, 6.07) is -2.78. The van der Waals surface area contributed by atoms with Crippen molar-refractivity contribution in [1.29, 1.82) is 0 Å². The monoisotopic (exact) mass is 537 g/mol. The summed E-state index contributed by atoms with van der Waals surface area (Å²) in [6.07, 6.45) is 4.46. The van der Waals surface area contributed by atoms with Crippen LogP contribution in [0, 0.1) is 0 Å². The lowest BCUT2D eigenvalue weighted by Crippen LogP contribution is -2.56. The molecule has 0 aromatic heterocycles. The molecule has 0 rings (SSSR count). The summed E-state index contributed by atoms with van der Waals surface area (Å²) in [5.41, 5.74) is 17.3. The van der Waals surface area contributed by atoms with Crippen molar-refractivity contribution in [3.05, 3.63) is 24.3 Å². The molecule has 216 valence electrons. The van der Waals surface area contributed by atoms with Crippen LogP contribution < -0.4 is 38.5 Å². The normalized spacial score (nSPS) is 12.9. The summed E-state index contributed by atoms with van der Waals surface area (Å²) in [5.74, 6) is -2.49. The van der Waals surface area contributed by atoms with E-state index in [9.17, 15) is 24.0 Å². The summed E-state index contributed by atoms with van der Waals surface area (Å²) < 4.78 is 0. The van der Waals surface area contributed by atoms with Crippen LogP contribution in [0.5, 0.6) is 0 Å². The lowest BCUT2D eigenvalue weighted by molar-refractivity contribution is -0.133. The number of primary amides is 1. The van der Waals surface area contributed by atoms with Gasteiger partial charge in [-0.05, 0) is 84.7 Å². The van der Waals surface area contributed by atoms with Crippen molar-refractivity contribution in [3.63, 3.8) is 0 Å². The van der Waals surface area contributed by atoms with Crippen LogP contribution in [0.25, 0.3) is 0 Å². The molecule has 0 saturated heterocycles. The van der Waals surface area contributed by atoms with Crippen molar-refractivity contribution in [3.8, 4) is 0 Å². The highest BCUT2D eigenvalue weighted by molar-refractivity contribution is 5.97. The topological polar surface area (TPSA) is 212 Å². The molecule has 0 fully saturated rings. The summed E-state index contributed by atoms with van der Waals surface area (Å²) in [5, 5.41) is 10.7. The van der Waals surface area contributed by atoms with Gasteiger partial charge in [-0.3, -0.25) is 24.0 Å². The summed E-state index contributed by atoms with van der Waals surface area (Å²) in [6.45, 7) is 11.6. The Hall–Kier alpha value is -3.25. The van der Waals surface area contributed by atoms with Gasteiger partial charge in [0.2, 0.25) is 29.5 Å². The molecule has 3 atom stereocenters. The van der Waals surface area contributed by atoms with Gasteiger partial charge in [0, 0.05) is 17.7 Å². The summed E-state index contributed by atoms with van der Waals surface area (Å²) in [4.78, 5) is 61.9. The Morgan fingerprint density at radius 2 is 1.05 bits per heavy atom. The molecule has 3 unspecified atom stereocenters. The van der Waals surface area contributed by atoms with E-state index in [1.807, 2.05) is 0 Å². The number of unbranched alkanes of at least 4 members (excludes halogenated alkanes) is 3. The van der Waals surface area contributed by atoms with Crippen LogP contribution in [0.3, 0.4) is 0 Å². The van der Waals surface area contributed by atoms with Crippen LogP contribution in [-0.2, 0) is 24.0 Å². The first-order valence-electron chi connectivity index (χ1n) is 13.1. The fourth-order valence-corrected chi connectivity index (χ4v) is 3.46. The van der Waals surface area contributed by atoms with E-state index in [1.54, 1.807) is 6.92 Å². The molecule has 0 aliphatic heterocycles. The van der Waals surface area contributed by atoms with Gasteiger partial charge in [-0.2, -0.15) is 0 Å². The Labute approximate surface area is 226 Å². The van der Waals surface area contributed by atoms with E-state index < -0.39 is 41.8 Å².